The minimum absolute atomic E-state index is 0.0568. The summed E-state index contributed by atoms with van der Waals surface area (Å²) in [5, 5.41) is 9.06. The molecule has 7 heteroatoms. The minimum Gasteiger partial charge on any atom is -0.366 e. The van der Waals surface area contributed by atoms with Crippen molar-refractivity contribution in [1.29, 1.82) is 0 Å². The van der Waals surface area contributed by atoms with E-state index in [0.29, 0.717) is 23.5 Å². The third-order valence-electron chi connectivity index (χ3n) is 2.47. The molecule has 0 unspecified atom stereocenters. The van der Waals surface area contributed by atoms with Gasteiger partial charge in [-0.3, -0.25) is 14.7 Å². The van der Waals surface area contributed by atoms with Crippen molar-refractivity contribution in [2.24, 2.45) is 5.73 Å². The van der Waals surface area contributed by atoms with E-state index in [1.54, 1.807) is 18.2 Å². The summed E-state index contributed by atoms with van der Waals surface area (Å²) in [6.07, 6.45) is 0.664. The Kier molecular flexibility index (Phi) is 3.56. The predicted octanol–water partition coefficient (Wildman–Crippen LogP) is 0.718. The highest BCUT2D eigenvalue weighted by Gasteiger charge is 2.12. The number of anilines is 1. The van der Waals surface area contributed by atoms with Crippen molar-refractivity contribution < 1.29 is 9.59 Å². The van der Waals surface area contributed by atoms with Crippen molar-refractivity contribution in [1.82, 2.24) is 15.2 Å². The molecule has 0 spiro atoms. The monoisotopic (exact) mass is 259 g/mol. The zero-order chi connectivity index (χ0) is 13.8. The summed E-state index contributed by atoms with van der Waals surface area (Å²) in [5.74, 6) is -0.308. The molecule has 0 fully saturated rings. The number of primary amides is 1. The second kappa shape index (κ2) is 5.30. The minimum atomic E-state index is -0.553. The molecule has 0 atom stereocenters. The number of carbonyl (C=O) groups is 2. The Balaban J connectivity index is 2.14. The van der Waals surface area contributed by atoms with Crippen LogP contribution in [0.15, 0.2) is 24.3 Å². The average Bonchev–Trinajstić information content (AvgIpc) is 2.88. The number of hydrogen-bond donors (Lipinski definition) is 3. The first-order valence-corrected chi connectivity index (χ1v) is 5.72. The number of aromatic amines is 1. The Hall–Kier alpha value is -2.70. The van der Waals surface area contributed by atoms with Crippen LogP contribution < -0.4 is 11.1 Å². The summed E-state index contributed by atoms with van der Waals surface area (Å²) in [6.45, 7) is 1.90. The van der Waals surface area contributed by atoms with E-state index in [2.05, 4.69) is 20.5 Å². The second-order valence-electron chi connectivity index (χ2n) is 3.86. The van der Waals surface area contributed by atoms with E-state index in [1.165, 1.54) is 6.07 Å². The van der Waals surface area contributed by atoms with Gasteiger partial charge in [-0.25, -0.2) is 4.98 Å². The lowest BCUT2D eigenvalue weighted by atomic mass is 10.2. The van der Waals surface area contributed by atoms with Crippen molar-refractivity contribution in [3.63, 3.8) is 0 Å². The normalized spacial score (nSPS) is 10.2. The molecule has 1 aromatic heterocycles. The number of nitrogens with zero attached hydrogens (tertiary/aromatic N) is 2. The molecule has 1 heterocycles. The fraction of sp³-hybridized carbons (Fsp3) is 0.167. The van der Waals surface area contributed by atoms with Crippen molar-refractivity contribution in [3.8, 4) is 0 Å². The number of hydrogen-bond acceptors (Lipinski definition) is 4. The molecule has 0 saturated heterocycles. The molecule has 1 aromatic carbocycles. The van der Waals surface area contributed by atoms with Crippen LogP contribution in [0.3, 0.4) is 0 Å². The molecular weight excluding hydrogens is 246 g/mol. The Morgan fingerprint density at radius 3 is 2.84 bits per heavy atom. The summed E-state index contributed by atoms with van der Waals surface area (Å²) in [5.41, 5.74) is 5.95. The topological polar surface area (TPSA) is 114 Å². The van der Waals surface area contributed by atoms with E-state index >= 15 is 0 Å². The largest absolute Gasteiger partial charge is 0.366 e. The maximum Gasteiger partial charge on any atom is 0.295 e. The molecule has 7 nitrogen and oxygen atoms in total. The molecule has 0 saturated carbocycles. The van der Waals surface area contributed by atoms with E-state index in [1.807, 2.05) is 6.92 Å². The molecule has 2 rings (SSSR count). The van der Waals surface area contributed by atoms with Crippen LogP contribution in [0.25, 0.3) is 0 Å². The highest BCUT2D eigenvalue weighted by molar-refractivity contribution is 6.02. The van der Waals surface area contributed by atoms with Crippen molar-refractivity contribution >= 4 is 17.5 Å². The summed E-state index contributed by atoms with van der Waals surface area (Å²) >= 11 is 0. The molecule has 4 N–H and O–H groups in total. The number of aromatic nitrogens is 3. The number of benzene rings is 1. The van der Waals surface area contributed by atoms with E-state index in [4.69, 9.17) is 5.73 Å². The first-order chi connectivity index (χ1) is 9.10. The maximum atomic E-state index is 11.9. The zero-order valence-corrected chi connectivity index (χ0v) is 10.3. The number of rotatable bonds is 4. The third-order valence-corrected chi connectivity index (χ3v) is 2.47. The molecule has 0 aliphatic heterocycles. The van der Waals surface area contributed by atoms with Gasteiger partial charge in [-0.05, 0) is 18.2 Å². The highest BCUT2D eigenvalue weighted by Crippen LogP contribution is 2.11. The highest BCUT2D eigenvalue weighted by atomic mass is 16.2. The van der Waals surface area contributed by atoms with E-state index in [9.17, 15) is 9.59 Å². The number of carbonyl (C=O) groups excluding carboxylic acids is 2. The van der Waals surface area contributed by atoms with Gasteiger partial charge in [0.2, 0.25) is 11.7 Å². The molecule has 0 aliphatic carbocycles. The molecular formula is C12H13N5O2. The molecule has 0 bridgehead atoms. The molecule has 0 aliphatic rings. The number of nitrogens with one attached hydrogen (secondary N) is 2. The van der Waals surface area contributed by atoms with Gasteiger partial charge in [0.25, 0.3) is 5.91 Å². The average molecular weight is 259 g/mol. The number of nitrogens with two attached hydrogens (primary N) is 1. The van der Waals surface area contributed by atoms with Crippen LogP contribution in [-0.2, 0) is 6.42 Å². The van der Waals surface area contributed by atoms with E-state index < -0.39 is 11.8 Å². The fourth-order valence-electron chi connectivity index (χ4n) is 1.49. The van der Waals surface area contributed by atoms with Gasteiger partial charge in [-0.1, -0.05) is 13.0 Å². The van der Waals surface area contributed by atoms with Gasteiger partial charge in [0.05, 0.1) is 0 Å². The van der Waals surface area contributed by atoms with Crippen LogP contribution in [-0.4, -0.2) is 27.0 Å². The second-order valence-corrected chi connectivity index (χ2v) is 3.86. The first-order valence-electron chi connectivity index (χ1n) is 5.72. The van der Waals surface area contributed by atoms with Gasteiger partial charge in [0.15, 0.2) is 0 Å². The van der Waals surface area contributed by atoms with Crippen molar-refractivity contribution in [2.75, 3.05) is 5.32 Å². The quantitative estimate of drug-likeness (QED) is 0.750. The number of amides is 2. The van der Waals surface area contributed by atoms with Gasteiger partial charge >= 0.3 is 0 Å². The van der Waals surface area contributed by atoms with Crippen molar-refractivity contribution in [3.05, 3.63) is 41.5 Å². The molecule has 98 valence electrons. The van der Waals surface area contributed by atoms with Gasteiger partial charge < -0.3 is 11.1 Å². The molecule has 0 radical (unpaired) electrons. The lowest BCUT2D eigenvalue weighted by Gasteiger charge is -2.03. The summed E-state index contributed by atoms with van der Waals surface area (Å²) in [4.78, 5) is 26.9. The maximum absolute atomic E-state index is 11.9. The number of aryl methyl sites for hydroxylation is 1. The van der Waals surface area contributed by atoms with Crippen LogP contribution in [0, 0.1) is 0 Å². The van der Waals surface area contributed by atoms with E-state index in [0.717, 1.165) is 0 Å². The lowest BCUT2D eigenvalue weighted by Crippen LogP contribution is -2.15. The van der Waals surface area contributed by atoms with Crippen LogP contribution in [0.4, 0.5) is 5.69 Å². The van der Waals surface area contributed by atoms with Gasteiger partial charge in [-0.15, -0.1) is 5.10 Å². The first kappa shape index (κ1) is 12.7. The van der Waals surface area contributed by atoms with E-state index in [-0.39, 0.29) is 5.82 Å². The Labute approximate surface area is 109 Å². The lowest BCUT2D eigenvalue weighted by molar-refractivity contribution is 0.0994. The summed E-state index contributed by atoms with van der Waals surface area (Å²) in [7, 11) is 0. The van der Waals surface area contributed by atoms with Crippen LogP contribution >= 0.6 is 0 Å². The SMILES string of the molecule is CCc1nc(C(=O)Nc2cccc(C(N)=O)c2)n[nH]1. The Morgan fingerprint density at radius 1 is 1.42 bits per heavy atom. The third kappa shape index (κ3) is 2.95. The zero-order valence-electron chi connectivity index (χ0n) is 10.3. The Morgan fingerprint density at radius 2 is 2.21 bits per heavy atom. The predicted molar refractivity (Wildman–Crippen MR) is 68.7 cm³/mol. The summed E-state index contributed by atoms with van der Waals surface area (Å²) < 4.78 is 0. The van der Waals surface area contributed by atoms with Crippen LogP contribution in [0.1, 0.15) is 33.7 Å². The Bertz CT molecular complexity index is 620. The molecule has 2 amide bonds. The van der Waals surface area contributed by atoms with Gasteiger partial charge in [0, 0.05) is 17.7 Å². The van der Waals surface area contributed by atoms with Crippen LogP contribution in [0.2, 0.25) is 0 Å². The standard InChI is InChI=1S/C12H13N5O2/c1-2-9-15-11(17-16-9)12(19)14-8-5-3-4-7(6-8)10(13)18/h3-6H,2H2,1H3,(H2,13,18)(H,14,19)(H,15,16,17). The number of H-pyrrole nitrogens is 1. The summed E-state index contributed by atoms with van der Waals surface area (Å²) in [6, 6.07) is 6.34. The fourth-order valence-corrected chi connectivity index (χ4v) is 1.49. The van der Waals surface area contributed by atoms with Gasteiger partial charge in [-0.2, -0.15) is 0 Å². The molecule has 19 heavy (non-hydrogen) atoms. The molecule has 2 aromatic rings. The van der Waals surface area contributed by atoms with Crippen LogP contribution in [0.5, 0.6) is 0 Å². The van der Waals surface area contributed by atoms with Crippen molar-refractivity contribution in [2.45, 2.75) is 13.3 Å². The van der Waals surface area contributed by atoms with Gasteiger partial charge in [0.1, 0.15) is 5.82 Å². The smallest absolute Gasteiger partial charge is 0.295 e.